The zero-order chi connectivity index (χ0) is 13.6. The van der Waals surface area contributed by atoms with Crippen LogP contribution in [0, 0.1) is 0 Å². The number of aromatic nitrogens is 2. The molecular weight excluding hydrogens is 248 g/mol. The average molecular weight is 264 g/mol. The highest BCUT2D eigenvalue weighted by molar-refractivity contribution is 5.79. The minimum atomic E-state index is 0.187. The summed E-state index contributed by atoms with van der Waals surface area (Å²) in [7, 11) is 0. The molecule has 0 spiro atoms. The lowest BCUT2D eigenvalue weighted by molar-refractivity contribution is -0.0500. The fourth-order valence-electron chi connectivity index (χ4n) is 2.69. The van der Waals surface area contributed by atoms with Crippen molar-refractivity contribution in [2.75, 3.05) is 13.2 Å². The fourth-order valence-corrected chi connectivity index (χ4v) is 2.69. The molecule has 20 heavy (non-hydrogen) atoms. The van der Waals surface area contributed by atoms with E-state index in [1.165, 1.54) is 5.56 Å². The van der Waals surface area contributed by atoms with Crippen molar-refractivity contribution in [2.45, 2.75) is 12.3 Å². The van der Waals surface area contributed by atoms with Gasteiger partial charge in [0, 0.05) is 11.0 Å². The lowest BCUT2D eigenvalue weighted by atomic mass is 9.80. The molecule has 0 bridgehead atoms. The first kappa shape index (κ1) is 11.7. The molecule has 2 aromatic carbocycles. The number of nitrogens with zero attached hydrogens (tertiary/aromatic N) is 1. The number of hydrogen-bond donors (Lipinski definition) is 1. The Hall–Kier alpha value is -2.13. The number of hydrogen-bond acceptors (Lipinski definition) is 2. The highest BCUT2D eigenvalue weighted by Crippen LogP contribution is 2.32. The van der Waals surface area contributed by atoms with Crippen LogP contribution in [0.1, 0.15) is 12.5 Å². The molecule has 1 saturated heterocycles. The zero-order valence-electron chi connectivity index (χ0n) is 11.4. The minimum absolute atomic E-state index is 0.187. The monoisotopic (exact) mass is 264 g/mol. The van der Waals surface area contributed by atoms with Gasteiger partial charge in [0.2, 0.25) is 0 Å². The molecular formula is C17H16N2O. The van der Waals surface area contributed by atoms with Crippen LogP contribution in [-0.4, -0.2) is 23.2 Å². The lowest BCUT2D eigenvalue weighted by Crippen LogP contribution is -2.43. The highest BCUT2D eigenvalue weighted by atomic mass is 16.5. The number of nitrogens with one attached hydrogen (secondary N) is 1. The van der Waals surface area contributed by atoms with E-state index < -0.39 is 0 Å². The number of rotatable bonds is 2. The van der Waals surface area contributed by atoms with Gasteiger partial charge in [-0.3, -0.25) is 0 Å². The van der Waals surface area contributed by atoms with Crippen molar-refractivity contribution in [1.82, 2.24) is 9.97 Å². The van der Waals surface area contributed by atoms with Crippen molar-refractivity contribution in [1.29, 1.82) is 0 Å². The Morgan fingerprint density at radius 1 is 1.05 bits per heavy atom. The third-order valence-electron chi connectivity index (χ3n) is 4.09. The summed E-state index contributed by atoms with van der Waals surface area (Å²) in [6, 6.07) is 16.7. The van der Waals surface area contributed by atoms with Crippen molar-refractivity contribution in [2.24, 2.45) is 0 Å². The summed E-state index contributed by atoms with van der Waals surface area (Å²) in [6.45, 7) is 3.88. The van der Waals surface area contributed by atoms with Gasteiger partial charge in [0.05, 0.1) is 24.2 Å². The number of ether oxygens (including phenoxy) is 1. The van der Waals surface area contributed by atoms with E-state index >= 15 is 0 Å². The van der Waals surface area contributed by atoms with Crippen molar-refractivity contribution >= 4 is 11.0 Å². The molecule has 0 amide bonds. The van der Waals surface area contributed by atoms with Gasteiger partial charge in [0.15, 0.2) is 0 Å². The summed E-state index contributed by atoms with van der Waals surface area (Å²) in [4.78, 5) is 7.99. The van der Waals surface area contributed by atoms with E-state index in [1.807, 2.05) is 24.3 Å². The normalized spacial score (nSPS) is 17.1. The van der Waals surface area contributed by atoms with Crippen LogP contribution < -0.4 is 0 Å². The summed E-state index contributed by atoms with van der Waals surface area (Å²) in [6.07, 6.45) is 0. The van der Waals surface area contributed by atoms with Gasteiger partial charge in [-0.15, -0.1) is 0 Å². The van der Waals surface area contributed by atoms with E-state index in [2.05, 4.69) is 41.2 Å². The van der Waals surface area contributed by atoms with E-state index in [4.69, 9.17) is 4.74 Å². The lowest BCUT2D eigenvalue weighted by Gasteiger charge is -2.38. The molecule has 1 N–H and O–H groups in total. The van der Waals surface area contributed by atoms with Crippen molar-refractivity contribution in [3.8, 4) is 11.4 Å². The second-order valence-electron chi connectivity index (χ2n) is 5.73. The molecule has 1 fully saturated rings. The molecule has 1 aromatic heterocycles. The molecule has 1 aliphatic rings. The zero-order valence-corrected chi connectivity index (χ0v) is 11.4. The molecule has 2 heterocycles. The predicted octanol–water partition coefficient (Wildman–Crippen LogP) is 3.52. The number of imidazole rings is 1. The minimum Gasteiger partial charge on any atom is -0.379 e. The summed E-state index contributed by atoms with van der Waals surface area (Å²) in [5.41, 5.74) is 4.72. The van der Waals surface area contributed by atoms with Gasteiger partial charge >= 0.3 is 0 Å². The van der Waals surface area contributed by atoms with Crippen LogP contribution >= 0.6 is 0 Å². The van der Waals surface area contributed by atoms with Gasteiger partial charge in [-0.25, -0.2) is 4.98 Å². The van der Waals surface area contributed by atoms with Crippen molar-refractivity contribution in [3.05, 3.63) is 54.1 Å². The number of fused-ring (bicyclic) bond motifs is 1. The highest BCUT2D eigenvalue weighted by Gasteiger charge is 2.34. The van der Waals surface area contributed by atoms with Gasteiger partial charge in [0.25, 0.3) is 0 Å². The Bertz CT molecular complexity index is 721. The van der Waals surface area contributed by atoms with Crippen LogP contribution in [0.25, 0.3) is 22.4 Å². The maximum absolute atomic E-state index is 5.33. The summed E-state index contributed by atoms with van der Waals surface area (Å²) in [5, 5.41) is 0. The Morgan fingerprint density at radius 3 is 2.45 bits per heavy atom. The second-order valence-corrected chi connectivity index (χ2v) is 5.73. The van der Waals surface area contributed by atoms with E-state index in [0.29, 0.717) is 0 Å². The SMILES string of the molecule is CC1(c2ccc(-c3nc4ccccc4[nH]3)cc2)COC1. The quantitative estimate of drug-likeness (QED) is 0.769. The maximum Gasteiger partial charge on any atom is 0.138 e. The first-order valence-corrected chi connectivity index (χ1v) is 6.88. The van der Waals surface area contributed by atoms with Crippen LogP contribution in [0.5, 0.6) is 0 Å². The van der Waals surface area contributed by atoms with Gasteiger partial charge in [-0.1, -0.05) is 43.3 Å². The summed E-state index contributed by atoms with van der Waals surface area (Å²) < 4.78 is 5.33. The molecule has 0 aliphatic carbocycles. The Morgan fingerprint density at radius 2 is 1.80 bits per heavy atom. The molecule has 3 aromatic rings. The molecule has 4 rings (SSSR count). The average Bonchev–Trinajstić information content (AvgIpc) is 2.89. The second kappa shape index (κ2) is 4.18. The molecule has 3 heteroatoms. The fraction of sp³-hybridized carbons (Fsp3) is 0.235. The molecule has 0 unspecified atom stereocenters. The number of aromatic amines is 1. The molecule has 1 aliphatic heterocycles. The Labute approximate surface area is 117 Å². The molecule has 0 radical (unpaired) electrons. The smallest absolute Gasteiger partial charge is 0.138 e. The Balaban J connectivity index is 1.71. The van der Waals surface area contributed by atoms with Gasteiger partial charge in [0.1, 0.15) is 5.82 Å². The van der Waals surface area contributed by atoms with Crippen LogP contribution in [0.3, 0.4) is 0 Å². The van der Waals surface area contributed by atoms with Crippen molar-refractivity contribution in [3.63, 3.8) is 0 Å². The molecule has 0 atom stereocenters. The van der Waals surface area contributed by atoms with Crippen LogP contribution in [0.2, 0.25) is 0 Å². The van der Waals surface area contributed by atoms with E-state index in [1.54, 1.807) is 0 Å². The van der Waals surface area contributed by atoms with E-state index in [-0.39, 0.29) is 5.41 Å². The number of H-pyrrole nitrogens is 1. The summed E-state index contributed by atoms with van der Waals surface area (Å²) >= 11 is 0. The van der Waals surface area contributed by atoms with E-state index in [9.17, 15) is 0 Å². The maximum atomic E-state index is 5.33. The van der Waals surface area contributed by atoms with Crippen LogP contribution in [-0.2, 0) is 10.2 Å². The molecule has 3 nitrogen and oxygen atoms in total. The molecule has 0 saturated carbocycles. The van der Waals surface area contributed by atoms with Gasteiger partial charge < -0.3 is 9.72 Å². The first-order chi connectivity index (χ1) is 9.74. The topological polar surface area (TPSA) is 37.9 Å². The summed E-state index contributed by atoms with van der Waals surface area (Å²) in [5.74, 6) is 0.924. The van der Waals surface area contributed by atoms with E-state index in [0.717, 1.165) is 35.6 Å². The van der Waals surface area contributed by atoms with Crippen molar-refractivity contribution < 1.29 is 4.74 Å². The third-order valence-corrected chi connectivity index (χ3v) is 4.09. The Kier molecular flexibility index (Phi) is 2.44. The standard InChI is InChI=1S/C17H16N2O/c1-17(10-20-11-17)13-8-6-12(7-9-13)16-18-14-4-2-3-5-15(14)19-16/h2-9H,10-11H2,1H3,(H,18,19). The van der Waals surface area contributed by atoms with Crippen LogP contribution in [0.4, 0.5) is 0 Å². The van der Waals surface area contributed by atoms with Crippen LogP contribution in [0.15, 0.2) is 48.5 Å². The third kappa shape index (κ3) is 1.74. The first-order valence-electron chi connectivity index (χ1n) is 6.88. The van der Waals surface area contributed by atoms with Gasteiger partial charge in [-0.2, -0.15) is 0 Å². The number of para-hydroxylation sites is 2. The molecule has 100 valence electrons. The predicted molar refractivity (Wildman–Crippen MR) is 79.7 cm³/mol. The largest absolute Gasteiger partial charge is 0.379 e. The number of benzene rings is 2. The van der Waals surface area contributed by atoms with Gasteiger partial charge in [-0.05, 0) is 17.7 Å².